The molecule has 0 N–H and O–H groups in total. The first-order valence-corrected chi connectivity index (χ1v) is 6.20. The lowest BCUT2D eigenvalue weighted by atomic mass is 10.2. The van der Waals surface area contributed by atoms with Crippen molar-refractivity contribution in [3.8, 4) is 0 Å². The standard InChI is InChI=1S/C12H15BrN2O.ClH/c1-14-6-8-15(9-7-14)12(16)10-4-2-3-5-11(10)13;/h2-5H,6-9H2,1H3;1H. The van der Waals surface area contributed by atoms with E-state index in [0.29, 0.717) is 0 Å². The van der Waals surface area contributed by atoms with Gasteiger partial charge in [0.25, 0.3) is 5.91 Å². The molecular weight excluding hydrogens is 304 g/mol. The lowest BCUT2D eigenvalue weighted by molar-refractivity contribution is 0.0663. The lowest BCUT2D eigenvalue weighted by Crippen LogP contribution is -2.47. The molecule has 0 unspecified atom stereocenters. The monoisotopic (exact) mass is 318 g/mol. The predicted molar refractivity (Wildman–Crippen MR) is 74.8 cm³/mol. The van der Waals surface area contributed by atoms with Crippen LogP contribution in [0.5, 0.6) is 0 Å². The van der Waals surface area contributed by atoms with Crippen molar-refractivity contribution >= 4 is 34.2 Å². The first-order valence-electron chi connectivity index (χ1n) is 5.41. The Bertz CT molecular complexity index is 392. The molecule has 5 heteroatoms. The minimum Gasteiger partial charge on any atom is -0.336 e. The van der Waals surface area contributed by atoms with Gasteiger partial charge in [-0.25, -0.2) is 0 Å². The molecule has 1 saturated heterocycles. The highest BCUT2D eigenvalue weighted by Gasteiger charge is 2.21. The highest BCUT2D eigenvalue weighted by Crippen LogP contribution is 2.18. The van der Waals surface area contributed by atoms with Crippen LogP contribution in [0, 0.1) is 0 Å². The van der Waals surface area contributed by atoms with E-state index >= 15 is 0 Å². The molecule has 0 aliphatic carbocycles. The molecule has 1 heterocycles. The molecule has 2 rings (SSSR count). The van der Waals surface area contributed by atoms with E-state index in [0.717, 1.165) is 36.2 Å². The van der Waals surface area contributed by atoms with Crippen LogP contribution >= 0.6 is 28.3 Å². The first-order chi connectivity index (χ1) is 7.68. The van der Waals surface area contributed by atoms with E-state index in [1.807, 2.05) is 29.2 Å². The number of amides is 1. The van der Waals surface area contributed by atoms with Gasteiger partial charge in [0.15, 0.2) is 0 Å². The maximum absolute atomic E-state index is 12.2. The van der Waals surface area contributed by atoms with Crippen molar-refractivity contribution in [2.75, 3.05) is 33.2 Å². The second-order valence-electron chi connectivity index (χ2n) is 4.08. The Morgan fingerprint density at radius 1 is 1.18 bits per heavy atom. The summed E-state index contributed by atoms with van der Waals surface area (Å²) in [6.45, 7) is 3.54. The van der Waals surface area contributed by atoms with Crippen molar-refractivity contribution in [1.82, 2.24) is 9.80 Å². The van der Waals surface area contributed by atoms with E-state index < -0.39 is 0 Å². The van der Waals surface area contributed by atoms with Gasteiger partial charge in [-0.1, -0.05) is 12.1 Å². The molecule has 17 heavy (non-hydrogen) atoms. The van der Waals surface area contributed by atoms with Crippen LogP contribution in [0.4, 0.5) is 0 Å². The normalized spacial score (nSPS) is 16.5. The van der Waals surface area contributed by atoms with Gasteiger partial charge >= 0.3 is 0 Å². The molecule has 0 spiro atoms. The Morgan fingerprint density at radius 2 is 1.76 bits per heavy atom. The fourth-order valence-corrected chi connectivity index (χ4v) is 2.27. The maximum atomic E-state index is 12.2. The van der Waals surface area contributed by atoms with Gasteiger partial charge in [0.2, 0.25) is 0 Å². The van der Waals surface area contributed by atoms with Gasteiger partial charge in [0.05, 0.1) is 5.56 Å². The smallest absolute Gasteiger partial charge is 0.255 e. The number of carbonyl (C=O) groups is 1. The zero-order valence-electron chi connectivity index (χ0n) is 9.73. The molecule has 1 amide bonds. The number of hydrogen-bond acceptors (Lipinski definition) is 2. The SMILES string of the molecule is CN1CCN(C(=O)c2ccccc2Br)CC1.Cl. The number of benzene rings is 1. The van der Waals surface area contributed by atoms with Crippen LogP contribution in [0.3, 0.4) is 0 Å². The quantitative estimate of drug-likeness (QED) is 0.793. The number of likely N-dealkylation sites (N-methyl/N-ethyl adjacent to an activating group) is 1. The molecule has 1 fully saturated rings. The Hall–Kier alpha value is -0.580. The van der Waals surface area contributed by atoms with E-state index in [2.05, 4.69) is 27.9 Å². The molecule has 0 radical (unpaired) electrons. The van der Waals surface area contributed by atoms with Crippen LogP contribution in [-0.4, -0.2) is 48.9 Å². The second kappa shape index (κ2) is 6.38. The molecule has 94 valence electrons. The first kappa shape index (κ1) is 14.5. The van der Waals surface area contributed by atoms with Crippen LogP contribution in [0.1, 0.15) is 10.4 Å². The fraction of sp³-hybridized carbons (Fsp3) is 0.417. The van der Waals surface area contributed by atoms with Gasteiger partial charge in [-0.2, -0.15) is 0 Å². The maximum Gasteiger partial charge on any atom is 0.255 e. The van der Waals surface area contributed by atoms with Crippen molar-refractivity contribution in [3.05, 3.63) is 34.3 Å². The molecule has 1 aromatic rings. The van der Waals surface area contributed by atoms with E-state index in [1.54, 1.807) is 0 Å². The lowest BCUT2D eigenvalue weighted by Gasteiger charge is -2.32. The van der Waals surface area contributed by atoms with Crippen molar-refractivity contribution in [2.24, 2.45) is 0 Å². The summed E-state index contributed by atoms with van der Waals surface area (Å²) in [4.78, 5) is 16.4. The highest BCUT2D eigenvalue weighted by atomic mass is 79.9. The Labute approximate surface area is 116 Å². The van der Waals surface area contributed by atoms with Crippen LogP contribution in [0.25, 0.3) is 0 Å². The van der Waals surface area contributed by atoms with E-state index in [1.165, 1.54) is 0 Å². The van der Waals surface area contributed by atoms with Crippen LogP contribution in [0.2, 0.25) is 0 Å². The van der Waals surface area contributed by atoms with Gasteiger partial charge in [-0.3, -0.25) is 4.79 Å². The average Bonchev–Trinajstić information content (AvgIpc) is 2.30. The van der Waals surface area contributed by atoms with E-state index in [-0.39, 0.29) is 18.3 Å². The minimum absolute atomic E-state index is 0. The molecule has 1 aliphatic heterocycles. The molecule has 0 aromatic heterocycles. The number of halogens is 2. The average molecular weight is 320 g/mol. The fourth-order valence-electron chi connectivity index (χ4n) is 1.81. The summed E-state index contributed by atoms with van der Waals surface area (Å²) < 4.78 is 0.874. The number of rotatable bonds is 1. The number of hydrogen-bond donors (Lipinski definition) is 0. The summed E-state index contributed by atoms with van der Waals surface area (Å²) >= 11 is 3.42. The molecule has 3 nitrogen and oxygen atoms in total. The van der Waals surface area contributed by atoms with Gasteiger partial charge in [0, 0.05) is 30.7 Å². The van der Waals surface area contributed by atoms with Gasteiger partial charge in [0.1, 0.15) is 0 Å². The summed E-state index contributed by atoms with van der Waals surface area (Å²) in [5.41, 5.74) is 0.757. The molecular formula is C12H16BrClN2O. The third kappa shape index (κ3) is 3.44. The molecule has 1 aliphatic rings. The molecule has 0 bridgehead atoms. The molecule has 0 atom stereocenters. The van der Waals surface area contributed by atoms with Crippen molar-refractivity contribution < 1.29 is 4.79 Å². The van der Waals surface area contributed by atoms with Crippen molar-refractivity contribution in [2.45, 2.75) is 0 Å². The Balaban J connectivity index is 0.00000144. The summed E-state index contributed by atoms with van der Waals surface area (Å²) in [6.07, 6.45) is 0. The number of piperazine rings is 1. The second-order valence-corrected chi connectivity index (χ2v) is 4.93. The van der Waals surface area contributed by atoms with Crippen molar-refractivity contribution in [1.29, 1.82) is 0 Å². The van der Waals surface area contributed by atoms with E-state index in [4.69, 9.17) is 0 Å². The highest BCUT2D eigenvalue weighted by molar-refractivity contribution is 9.10. The zero-order valence-corrected chi connectivity index (χ0v) is 12.1. The van der Waals surface area contributed by atoms with Crippen LogP contribution in [-0.2, 0) is 0 Å². The number of nitrogens with zero attached hydrogens (tertiary/aromatic N) is 2. The van der Waals surface area contributed by atoms with Gasteiger partial charge < -0.3 is 9.80 Å². The predicted octanol–water partition coefficient (Wildman–Crippen LogP) is 2.26. The summed E-state index contributed by atoms with van der Waals surface area (Å²) in [7, 11) is 2.08. The molecule has 0 saturated carbocycles. The molecule has 1 aromatic carbocycles. The summed E-state index contributed by atoms with van der Waals surface area (Å²) in [6, 6.07) is 7.59. The Morgan fingerprint density at radius 3 is 2.35 bits per heavy atom. The van der Waals surface area contributed by atoms with Crippen molar-refractivity contribution in [3.63, 3.8) is 0 Å². The third-order valence-corrected chi connectivity index (χ3v) is 3.59. The summed E-state index contributed by atoms with van der Waals surface area (Å²) in [5.74, 6) is 0.126. The Kier molecular flexibility index (Phi) is 5.43. The van der Waals surface area contributed by atoms with E-state index in [9.17, 15) is 4.79 Å². The number of carbonyl (C=O) groups excluding carboxylic acids is 1. The topological polar surface area (TPSA) is 23.6 Å². The van der Waals surface area contributed by atoms with Gasteiger partial charge in [-0.05, 0) is 35.1 Å². The summed E-state index contributed by atoms with van der Waals surface area (Å²) in [5, 5.41) is 0. The minimum atomic E-state index is 0. The van der Waals surface area contributed by atoms with Crippen LogP contribution in [0.15, 0.2) is 28.7 Å². The third-order valence-electron chi connectivity index (χ3n) is 2.89. The van der Waals surface area contributed by atoms with Gasteiger partial charge in [-0.15, -0.1) is 12.4 Å². The largest absolute Gasteiger partial charge is 0.336 e. The van der Waals surface area contributed by atoms with Crippen LogP contribution < -0.4 is 0 Å². The zero-order chi connectivity index (χ0) is 11.5.